The highest BCUT2D eigenvalue weighted by Gasteiger charge is 2.21. The second-order valence-corrected chi connectivity index (χ2v) is 6.95. The first-order valence-corrected chi connectivity index (χ1v) is 8.67. The van der Waals surface area contributed by atoms with Crippen molar-refractivity contribution in [1.29, 1.82) is 0 Å². The minimum Gasteiger partial charge on any atom is -0.478 e. The van der Waals surface area contributed by atoms with Crippen molar-refractivity contribution >= 4 is 39.3 Å². The zero-order valence-electron chi connectivity index (χ0n) is 12.3. The molecule has 0 amide bonds. The standard InChI is InChI=1S/C17H15NO2S2/c1-3-13-14(17(19)20)15(12-8-9-21-16(12)18-13)22-11-6-4-10(2)5-7-11/h4-9H,3H2,1-2H3,(H,19,20). The molecule has 3 rings (SSSR count). The summed E-state index contributed by atoms with van der Waals surface area (Å²) in [6.45, 7) is 3.98. The molecular weight excluding hydrogens is 314 g/mol. The molecule has 0 bridgehead atoms. The molecule has 0 aliphatic heterocycles. The Kier molecular flexibility index (Phi) is 4.18. The number of aryl methyl sites for hydroxylation is 2. The first kappa shape index (κ1) is 15.1. The van der Waals surface area contributed by atoms with E-state index in [4.69, 9.17) is 0 Å². The van der Waals surface area contributed by atoms with Crippen molar-refractivity contribution < 1.29 is 9.90 Å². The van der Waals surface area contributed by atoms with Crippen LogP contribution in [0.3, 0.4) is 0 Å². The fraction of sp³-hybridized carbons (Fsp3) is 0.176. The number of hydrogen-bond acceptors (Lipinski definition) is 4. The van der Waals surface area contributed by atoms with Gasteiger partial charge in [-0.2, -0.15) is 0 Å². The van der Waals surface area contributed by atoms with Gasteiger partial charge in [0.1, 0.15) is 4.83 Å². The van der Waals surface area contributed by atoms with Gasteiger partial charge in [-0.05, 0) is 36.9 Å². The van der Waals surface area contributed by atoms with Crippen molar-refractivity contribution in [2.45, 2.75) is 30.1 Å². The number of nitrogens with zero attached hydrogens (tertiary/aromatic N) is 1. The van der Waals surface area contributed by atoms with Gasteiger partial charge in [0.2, 0.25) is 0 Å². The van der Waals surface area contributed by atoms with Gasteiger partial charge < -0.3 is 5.11 Å². The summed E-state index contributed by atoms with van der Waals surface area (Å²) in [6.07, 6.45) is 0.608. The zero-order chi connectivity index (χ0) is 15.7. The second kappa shape index (κ2) is 6.10. The van der Waals surface area contributed by atoms with E-state index in [1.807, 2.05) is 49.6 Å². The average molecular weight is 329 g/mol. The minimum atomic E-state index is -0.910. The van der Waals surface area contributed by atoms with Crippen LogP contribution in [0.1, 0.15) is 28.5 Å². The molecule has 2 heterocycles. The van der Waals surface area contributed by atoms with Crippen LogP contribution in [0.2, 0.25) is 0 Å². The van der Waals surface area contributed by atoms with Gasteiger partial charge in [0.25, 0.3) is 0 Å². The number of hydrogen-bond donors (Lipinski definition) is 1. The van der Waals surface area contributed by atoms with Gasteiger partial charge in [-0.25, -0.2) is 9.78 Å². The number of aromatic nitrogens is 1. The van der Waals surface area contributed by atoms with Gasteiger partial charge in [-0.3, -0.25) is 0 Å². The van der Waals surface area contributed by atoms with E-state index in [0.29, 0.717) is 17.7 Å². The van der Waals surface area contributed by atoms with Crippen LogP contribution in [0.5, 0.6) is 0 Å². The van der Waals surface area contributed by atoms with E-state index in [2.05, 4.69) is 4.98 Å². The van der Waals surface area contributed by atoms with Crippen LogP contribution in [-0.4, -0.2) is 16.1 Å². The van der Waals surface area contributed by atoms with Gasteiger partial charge in [0, 0.05) is 15.2 Å². The first-order chi connectivity index (χ1) is 10.6. The molecule has 0 aliphatic carbocycles. The smallest absolute Gasteiger partial charge is 0.338 e. The highest BCUT2D eigenvalue weighted by atomic mass is 32.2. The molecule has 22 heavy (non-hydrogen) atoms. The summed E-state index contributed by atoms with van der Waals surface area (Å²) in [5.41, 5.74) is 2.17. The normalized spacial score (nSPS) is 11.0. The third-order valence-corrected chi connectivity index (χ3v) is 5.37. The molecule has 0 spiro atoms. The van der Waals surface area contributed by atoms with Crippen LogP contribution in [0.15, 0.2) is 45.5 Å². The number of carbonyl (C=O) groups is 1. The van der Waals surface area contributed by atoms with E-state index in [0.717, 1.165) is 20.0 Å². The van der Waals surface area contributed by atoms with Crippen LogP contribution < -0.4 is 0 Å². The Morgan fingerprint density at radius 2 is 2.00 bits per heavy atom. The van der Waals surface area contributed by atoms with E-state index >= 15 is 0 Å². The SMILES string of the molecule is CCc1nc2sccc2c(Sc2ccc(C)cc2)c1C(=O)O. The lowest BCUT2D eigenvalue weighted by atomic mass is 10.1. The fourth-order valence-corrected chi connectivity index (χ4v) is 4.26. The number of carboxylic acids is 1. The maximum absolute atomic E-state index is 11.8. The average Bonchev–Trinajstić information content (AvgIpc) is 2.97. The van der Waals surface area contributed by atoms with E-state index in [-0.39, 0.29) is 0 Å². The number of thiophene rings is 1. The molecule has 0 aliphatic rings. The van der Waals surface area contributed by atoms with Crippen molar-refractivity contribution in [3.63, 3.8) is 0 Å². The van der Waals surface area contributed by atoms with Crippen molar-refractivity contribution in [2.75, 3.05) is 0 Å². The zero-order valence-corrected chi connectivity index (χ0v) is 13.9. The van der Waals surface area contributed by atoms with Crippen molar-refractivity contribution in [2.24, 2.45) is 0 Å². The molecule has 0 saturated heterocycles. The summed E-state index contributed by atoms with van der Waals surface area (Å²) in [5.74, 6) is -0.910. The van der Waals surface area contributed by atoms with Crippen molar-refractivity contribution in [3.05, 3.63) is 52.5 Å². The lowest BCUT2D eigenvalue weighted by Crippen LogP contribution is -2.06. The molecule has 1 N–H and O–H groups in total. The molecule has 3 nitrogen and oxygen atoms in total. The molecule has 112 valence electrons. The Morgan fingerprint density at radius 3 is 2.64 bits per heavy atom. The molecule has 0 fully saturated rings. The van der Waals surface area contributed by atoms with E-state index < -0.39 is 5.97 Å². The van der Waals surface area contributed by atoms with Crippen LogP contribution in [-0.2, 0) is 6.42 Å². The van der Waals surface area contributed by atoms with Crippen LogP contribution in [0.4, 0.5) is 0 Å². The van der Waals surface area contributed by atoms with Gasteiger partial charge in [0.05, 0.1) is 11.3 Å². The van der Waals surface area contributed by atoms with E-state index in [1.165, 1.54) is 17.3 Å². The van der Waals surface area contributed by atoms with Crippen LogP contribution in [0.25, 0.3) is 10.2 Å². The molecule has 0 atom stereocenters. The summed E-state index contributed by atoms with van der Waals surface area (Å²) in [5, 5.41) is 12.5. The lowest BCUT2D eigenvalue weighted by molar-refractivity contribution is 0.0691. The third-order valence-electron chi connectivity index (χ3n) is 3.43. The molecule has 0 radical (unpaired) electrons. The number of fused-ring (bicyclic) bond motifs is 1. The predicted molar refractivity (Wildman–Crippen MR) is 91.3 cm³/mol. The Morgan fingerprint density at radius 1 is 1.27 bits per heavy atom. The number of aromatic carboxylic acids is 1. The fourth-order valence-electron chi connectivity index (χ4n) is 2.31. The highest BCUT2D eigenvalue weighted by Crippen LogP contribution is 2.39. The maximum Gasteiger partial charge on any atom is 0.338 e. The Hall–Kier alpha value is -1.85. The molecule has 2 aromatic heterocycles. The Balaban J connectivity index is 2.20. The van der Waals surface area contributed by atoms with Crippen molar-refractivity contribution in [1.82, 2.24) is 4.98 Å². The lowest BCUT2D eigenvalue weighted by Gasteiger charge is -2.11. The number of pyridine rings is 1. The van der Waals surface area contributed by atoms with E-state index in [1.54, 1.807) is 11.3 Å². The Labute approximate surface area is 137 Å². The summed E-state index contributed by atoms with van der Waals surface area (Å²) >= 11 is 3.05. The van der Waals surface area contributed by atoms with Crippen LogP contribution in [0, 0.1) is 6.92 Å². The molecule has 0 saturated carbocycles. The molecule has 3 aromatic rings. The van der Waals surface area contributed by atoms with Gasteiger partial charge in [-0.15, -0.1) is 11.3 Å². The molecule has 1 aromatic carbocycles. The topological polar surface area (TPSA) is 50.2 Å². The monoisotopic (exact) mass is 329 g/mol. The van der Waals surface area contributed by atoms with Gasteiger partial charge in [0.15, 0.2) is 0 Å². The minimum absolute atomic E-state index is 0.332. The van der Waals surface area contributed by atoms with E-state index in [9.17, 15) is 9.90 Å². The molecule has 0 unspecified atom stereocenters. The molecular formula is C17H15NO2S2. The summed E-state index contributed by atoms with van der Waals surface area (Å²) in [4.78, 5) is 19.0. The van der Waals surface area contributed by atoms with Crippen molar-refractivity contribution in [3.8, 4) is 0 Å². The number of carboxylic acid groups (broad SMARTS) is 1. The van der Waals surface area contributed by atoms with Crippen LogP contribution >= 0.6 is 23.1 Å². The summed E-state index contributed by atoms with van der Waals surface area (Å²) < 4.78 is 0. The van der Waals surface area contributed by atoms with Gasteiger partial charge >= 0.3 is 5.97 Å². The number of rotatable bonds is 4. The highest BCUT2D eigenvalue weighted by molar-refractivity contribution is 7.99. The summed E-state index contributed by atoms with van der Waals surface area (Å²) in [6, 6.07) is 10.1. The number of benzene rings is 1. The predicted octanol–water partition coefficient (Wildman–Crippen LogP) is 5.02. The summed E-state index contributed by atoms with van der Waals surface area (Å²) in [7, 11) is 0. The molecule has 5 heteroatoms. The largest absolute Gasteiger partial charge is 0.478 e. The van der Waals surface area contributed by atoms with Gasteiger partial charge in [-0.1, -0.05) is 36.4 Å². The first-order valence-electron chi connectivity index (χ1n) is 6.98. The third kappa shape index (κ3) is 2.74. The Bertz CT molecular complexity index is 838. The second-order valence-electron chi connectivity index (χ2n) is 4.98. The quantitative estimate of drug-likeness (QED) is 0.730. The maximum atomic E-state index is 11.8.